The van der Waals surface area contributed by atoms with Crippen molar-refractivity contribution < 1.29 is 0 Å². The normalized spacial score (nSPS) is 25.9. The number of hydrogen-bond acceptors (Lipinski definition) is 3. The molecular weight excluding hydrogens is 200 g/mol. The van der Waals surface area contributed by atoms with E-state index in [9.17, 15) is 0 Å². The van der Waals surface area contributed by atoms with Crippen molar-refractivity contribution in [3.8, 4) is 0 Å². The molecule has 1 aliphatic rings. The molecule has 1 aromatic rings. The molecule has 16 heavy (non-hydrogen) atoms. The van der Waals surface area contributed by atoms with E-state index >= 15 is 0 Å². The highest BCUT2D eigenvalue weighted by Crippen LogP contribution is 2.31. The summed E-state index contributed by atoms with van der Waals surface area (Å²) >= 11 is 0. The van der Waals surface area contributed by atoms with Gasteiger partial charge in [0, 0.05) is 13.0 Å². The quantitative estimate of drug-likeness (QED) is 0.842. The van der Waals surface area contributed by atoms with Gasteiger partial charge in [0.25, 0.3) is 0 Å². The fourth-order valence-corrected chi connectivity index (χ4v) is 2.81. The van der Waals surface area contributed by atoms with E-state index in [4.69, 9.17) is 5.73 Å². The molecular formula is C12H22N4. The van der Waals surface area contributed by atoms with Crippen LogP contribution in [-0.4, -0.2) is 21.3 Å². The van der Waals surface area contributed by atoms with Gasteiger partial charge in [-0.2, -0.15) is 5.10 Å². The lowest BCUT2D eigenvalue weighted by molar-refractivity contribution is 0.236. The second-order valence-electron chi connectivity index (χ2n) is 4.74. The van der Waals surface area contributed by atoms with Crippen molar-refractivity contribution in [3.05, 3.63) is 12.2 Å². The van der Waals surface area contributed by atoms with Crippen LogP contribution in [0.5, 0.6) is 0 Å². The van der Waals surface area contributed by atoms with Crippen LogP contribution in [0.3, 0.4) is 0 Å². The maximum Gasteiger partial charge on any atom is 0.138 e. The maximum atomic E-state index is 5.85. The molecule has 4 nitrogen and oxygen atoms in total. The van der Waals surface area contributed by atoms with Crippen LogP contribution in [-0.2, 0) is 13.0 Å². The first-order valence-electron chi connectivity index (χ1n) is 6.42. The summed E-state index contributed by atoms with van der Waals surface area (Å²) in [6.45, 7) is 3.85. The molecule has 1 aliphatic carbocycles. The highest BCUT2D eigenvalue weighted by molar-refractivity contribution is 4.90. The summed E-state index contributed by atoms with van der Waals surface area (Å²) in [4.78, 5) is 4.36. The fourth-order valence-electron chi connectivity index (χ4n) is 2.81. The Labute approximate surface area is 97.2 Å². The first kappa shape index (κ1) is 11.6. The third-order valence-electron chi connectivity index (χ3n) is 3.81. The predicted octanol–water partition coefficient (Wildman–Crippen LogP) is 1.61. The van der Waals surface area contributed by atoms with Gasteiger partial charge in [0.2, 0.25) is 0 Å². The van der Waals surface area contributed by atoms with Gasteiger partial charge >= 0.3 is 0 Å². The molecule has 2 N–H and O–H groups in total. The van der Waals surface area contributed by atoms with E-state index < -0.39 is 0 Å². The smallest absolute Gasteiger partial charge is 0.138 e. The van der Waals surface area contributed by atoms with Gasteiger partial charge in [-0.25, -0.2) is 4.98 Å². The lowest BCUT2D eigenvalue weighted by Crippen LogP contribution is -2.29. The lowest BCUT2D eigenvalue weighted by Gasteiger charge is -2.30. The van der Waals surface area contributed by atoms with Crippen LogP contribution < -0.4 is 5.73 Å². The number of nitrogens with two attached hydrogens (primary N) is 1. The standard InChI is InChI=1S/C12H22N4/c1-2-16-12(14-9-15-16)7-10-5-3-4-6-11(10)8-13/h9-11H,2-8,13H2,1H3. The Hall–Kier alpha value is -0.900. The largest absolute Gasteiger partial charge is 0.330 e. The van der Waals surface area contributed by atoms with Gasteiger partial charge in [0.15, 0.2) is 0 Å². The molecule has 0 aromatic carbocycles. The molecule has 0 radical (unpaired) electrons. The molecule has 2 atom stereocenters. The number of aryl methyl sites for hydroxylation is 1. The Kier molecular flexibility index (Phi) is 3.93. The third-order valence-corrected chi connectivity index (χ3v) is 3.81. The topological polar surface area (TPSA) is 56.7 Å². The van der Waals surface area contributed by atoms with E-state index in [0.29, 0.717) is 11.8 Å². The van der Waals surface area contributed by atoms with Gasteiger partial charge in [0.05, 0.1) is 0 Å². The number of nitrogens with zero attached hydrogens (tertiary/aromatic N) is 3. The summed E-state index contributed by atoms with van der Waals surface area (Å²) < 4.78 is 2.00. The molecule has 1 saturated carbocycles. The Morgan fingerprint density at radius 2 is 2.12 bits per heavy atom. The van der Waals surface area contributed by atoms with E-state index in [-0.39, 0.29) is 0 Å². The van der Waals surface area contributed by atoms with Crippen LogP contribution in [0.25, 0.3) is 0 Å². The molecule has 0 aliphatic heterocycles. The van der Waals surface area contributed by atoms with E-state index in [0.717, 1.165) is 25.3 Å². The molecule has 1 fully saturated rings. The van der Waals surface area contributed by atoms with Gasteiger partial charge in [-0.3, -0.25) is 4.68 Å². The van der Waals surface area contributed by atoms with Crippen LogP contribution in [0.4, 0.5) is 0 Å². The van der Waals surface area contributed by atoms with Crippen molar-refractivity contribution in [2.45, 2.75) is 45.6 Å². The summed E-state index contributed by atoms with van der Waals surface area (Å²) in [5, 5.41) is 4.23. The zero-order chi connectivity index (χ0) is 11.4. The van der Waals surface area contributed by atoms with E-state index in [1.54, 1.807) is 6.33 Å². The first-order chi connectivity index (χ1) is 7.85. The first-order valence-corrected chi connectivity index (χ1v) is 6.42. The Bertz CT molecular complexity index is 321. The van der Waals surface area contributed by atoms with Gasteiger partial charge < -0.3 is 5.73 Å². The van der Waals surface area contributed by atoms with Gasteiger partial charge in [0.1, 0.15) is 12.2 Å². The lowest BCUT2D eigenvalue weighted by atomic mass is 9.77. The molecule has 2 rings (SSSR count). The number of rotatable bonds is 4. The molecule has 1 heterocycles. The van der Waals surface area contributed by atoms with E-state index in [1.165, 1.54) is 25.7 Å². The highest BCUT2D eigenvalue weighted by Gasteiger charge is 2.25. The minimum Gasteiger partial charge on any atom is -0.330 e. The van der Waals surface area contributed by atoms with Crippen molar-refractivity contribution in [1.82, 2.24) is 14.8 Å². The monoisotopic (exact) mass is 222 g/mol. The van der Waals surface area contributed by atoms with Crippen molar-refractivity contribution in [2.24, 2.45) is 17.6 Å². The number of hydrogen-bond donors (Lipinski definition) is 1. The van der Waals surface area contributed by atoms with Crippen molar-refractivity contribution in [3.63, 3.8) is 0 Å². The minimum absolute atomic E-state index is 0.691. The van der Waals surface area contributed by atoms with E-state index in [2.05, 4.69) is 17.0 Å². The van der Waals surface area contributed by atoms with Crippen LogP contribution in [0.2, 0.25) is 0 Å². The van der Waals surface area contributed by atoms with Crippen LogP contribution in [0, 0.1) is 11.8 Å². The third kappa shape index (κ3) is 2.43. The second kappa shape index (κ2) is 5.43. The van der Waals surface area contributed by atoms with Crippen LogP contribution in [0.1, 0.15) is 38.4 Å². The summed E-state index contributed by atoms with van der Waals surface area (Å²) in [5.41, 5.74) is 5.85. The van der Waals surface area contributed by atoms with Gasteiger partial charge in [-0.15, -0.1) is 0 Å². The zero-order valence-electron chi connectivity index (χ0n) is 10.1. The van der Waals surface area contributed by atoms with Crippen molar-refractivity contribution >= 4 is 0 Å². The summed E-state index contributed by atoms with van der Waals surface area (Å²) in [5.74, 6) is 2.54. The molecule has 0 bridgehead atoms. The van der Waals surface area contributed by atoms with E-state index in [1.807, 2.05) is 4.68 Å². The van der Waals surface area contributed by atoms with Crippen LogP contribution >= 0.6 is 0 Å². The SMILES string of the molecule is CCn1ncnc1CC1CCCCC1CN. The molecule has 4 heteroatoms. The summed E-state index contributed by atoms with van der Waals surface area (Å²) in [6.07, 6.45) is 8.01. The maximum absolute atomic E-state index is 5.85. The molecule has 0 spiro atoms. The van der Waals surface area contributed by atoms with Gasteiger partial charge in [-0.05, 0) is 38.1 Å². The Balaban J connectivity index is 2.02. The summed E-state index contributed by atoms with van der Waals surface area (Å²) in [6, 6.07) is 0. The minimum atomic E-state index is 0.691. The molecule has 1 aromatic heterocycles. The fraction of sp³-hybridized carbons (Fsp3) is 0.833. The van der Waals surface area contributed by atoms with Crippen LogP contribution in [0.15, 0.2) is 6.33 Å². The average Bonchev–Trinajstić information content (AvgIpc) is 2.77. The number of aromatic nitrogens is 3. The van der Waals surface area contributed by atoms with Crippen molar-refractivity contribution in [1.29, 1.82) is 0 Å². The molecule has 90 valence electrons. The molecule has 0 amide bonds. The Morgan fingerprint density at radius 1 is 1.38 bits per heavy atom. The zero-order valence-corrected chi connectivity index (χ0v) is 10.1. The molecule has 2 unspecified atom stereocenters. The summed E-state index contributed by atoms with van der Waals surface area (Å²) in [7, 11) is 0. The predicted molar refractivity (Wildman–Crippen MR) is 63.9 cm³/mol. The second-order valence-corrected chi connectivity index (χ2v) is 4.74. The van der Waals surface area contributed by atoms with Crippen molar-refractivity contribution in [2.75, 3.05) is 6.54 Å². The van der Waals surface area contributed by atoms with Gasteiger partial charge in [-0.1, -0.05) is 12.8 Å². The highest BCUT2D eigenvalue weighted by atomic mass is 15.3. The molecule has 0 saturated heterocycles. The Morgan fingerprint density at radius 3 is 2.81 bits per heavy atom. The average molecular weight is 222 g/mol.